The number of carbonyl (C=O) groups excluding carboxylic acids is 1. The first-order chi connectivity index (χ1) is 20.7. The lowest BCUT2D eigenvalue weighted by Gasteiger charge is -2.26. The van der Waals surface area contributed by atoms with Crippen LogP contribution in [-0.2, 0) is 16.8 Å². The van der Waals surface area contributed by atoms with Crippen LogP contribution in [0.3, 0.4) is 0 Å². The normalized spacial score (nSPS) is 14.2. The van der Waals surface area contributed by atoms with Gasteiger partial charge in [0.1, 0.15) is 12.1 Å². The number of methoxy groups -OCH3 is 1. The van der Waals surface area contributed by atoms with E-state index in [1.54, 1.807) is 32.5 Å². The Balaban J connectivity index is 0.000000646. The monoisotopic (exact) mass is 594 g/mol. The van der Waals surface area contributed by atoms with Crippen molar-refractivity contribution >= 4 is 23.7 Å². The average molecular weight is 595 g/mol. The van der Waals surface area contributed by atoms with Crippen LogP contribution >= 0.6 is 0 Å². The van der Waals surface area contributed by atoms with Crippen LogP contribution in [0, 0.1) is 0 Å². The second kappa shape index (κ2) is 16.8. The zero-order valence-corrected chi connectivity index (χ0v) is 26.2. The second-order valence-corrected chi connectivity index (χ2v) is 10.8. The number of hydrogen-bond acceptors (Lipinski definition) is 12. The molecule has 0 unspecified atom stereocenters. The first kappa shape index (κ1) is 33.8. The van der Waals surface area contributed by atoms with Crippen molar-refractivity contribution < 1.29 is 19.1 Å². The molecule has 4 N–H and O–H groups in total. The second-order valence-electron chi connectivity index (χ2n) is 10.8. The number of aliphatic hydroxyl groups is 1. The van der Waals surface area contributed by atoms with E-state index >= 15 is 0 Å². The van der Waals surface area contributed by atoms with Gasteiger partial charge < -0.3 is 35.1 Å². The van der Waals surface area contributed by atoms with Gasteiger partial charge in [-0.05, 0) is 70.8 Å². The summed E-state index contributed by atoms with van der Waals surface area (Å²) in [6.07, 6.45) is 6.99. The molecule has 1 saturated heterocycles. The number of ether oxygens (including phenoxy) is 1. The van der Waals surface area contributed by atoms with Crippen LogP contribution in [0.2, 0.25) is 0 Å². The molecule has 0 amide bonds. The third-order valence-electron chi connectivity index (χ3n) is 7.39. The van der Waals surface area contributed by atoms with Crippen molar-refractivity contribution in [1.82, 2.24) is 30.4 Å². The Morgan fingerprint density at radius 3 is 2.65 bits per heavy atom. The summed E-state index contributed by atoms with van der Waals surface area (Å²) in [7, 11) is 3.39. The maximum Gasteiger partial charge on any atom is 0.253 e. The number of benzene rings is 1. The minimum absolute atomic E-state index is 0.274. The number of piperazine rings is 1. The molecular weight excluding hydrogens is 548 g/mol. The predicted molar refractivity (Wildman–Crippen MR) is 169 cm³/mol. The molecule has 0 radical (unpaired) electrons. The fraction of sp³-hybridized carbons (Fsp3) is 0.516. The van der Waals surface area contributed by atoms with Crippen molar-refractivity contribution in [3.05, 3.63) is 53.1 Å². The number of aldehydes is 1. The van der Waals surface area contributed by atoms with Crippen LogP contribution in [0.5, 0.6) is 0 Å². The maximum absolute atomic E-state index is 11.5. The van der Waals surface area contributed by atoms with Crippen LogP contribution in [0.25, 0.3) is 11.5 Å². The Hall–Kier alpha value is -3.71. The Bertz CT molecular complexity index is 1340. The predicted octanol–water partition coefficient (Wildman–Crippen LogP) is 4.18. The molecule has 0 atom stereocenters. The van der Waals surface area contributed by atoms with Gasteiger partial charge in [-0.25, -0.2) is 4.98 Å². The largest absolute Gasteiger partial charge is 0.421 e. The molecule has 1 fully saturated rings. The van der Waals surface area contributed by atoms with Crippen LogP contribution in [0.15, 0.2) is 40.5 Å². The van der Waals surface area contributed by atoms with E-state index in [2.05, 4.69) is 41.0 Å². The molecule has 4 rings (SSSR count). The zero-order chi connectivity index (χ0) is 31.2. The SMILES string of the molecule is C/C=C(\C)CCO.CNc1nc(Nc2ccc(C=O)c(C(C)(C)OC)c2)ncc1-c1nnc(CCCN2CCNCC2)o1. The van der Waals surface area contributed by atoms with Gasteiger partial charge in [0.2, 0.25) is 11.8 Å². The minimum atomic E-state index is -0.630. The van der Waals surface area contributed by atoms with Gasteiger partial charge in [0.25, 0.3) is 5.89 Å². The summed E-state index contributed by atoms with van der Waals surface area (Å²) < 4.78 is 11.5. The maximum atomic E-state index is 11.5. The van der Waals surface area contributed by atoms with Crippen molar-refractivity contribution in [1.29, 1.82) is 0 Å². The summed E-state index contributed by atoms with van der Waals surface area (Å²) in [4.78, 5) is 23.0. The van der Waals surface area contributed by atoms with Crippen LogP contribution in [0.4, 0.5) is 17.5 Å². The Kier molecular flexibility index (Phi) is 13.2. The van der Waals surface area contributed by atoms with Crippen LogP contribution < -0.4 is 16.0 Å². The number of rotatable bonds is 13. The van der Waals surface area contributed by atoms with E-state index in [-0.39, 0.29) is 6.61 Å². The summed E-state index contributed by atoms with van der Waals surface area (Å²) in [5, 5.41) is 26.4. The lowest BCUT2D eigenvalue weighted by molar-refractivity contribution is 0.0187. The first-order valence-electron chi connectivity index (χ1n) is 14.7. The Morgan fingerprint density at radius 2 is 2.02 bits per heavy atom. The van der Waals surface area contributed by atoms with E-state index in [0.717, 1.165) is 69.5 Å². The molecule has 43 heavy (non-hydrogen) atoms. The lowest BCUT2D eigenvalue weighted by atomic mass is 9.93. The molecule has 1 aliphatic rings. The van der Waals surface area contributed by atoms with E-state index < -0.39 is 5.60 Å². The first-order valence-corrected chi connectivity index (χ1v) is 14.7. The molecule has 2 aromatic heterocycles. The number of hydrogen-bond donors (Lipinski definition) is 4. The highest BCUT2D eigenvalue weighted by atomic mass is 16.5. The molecule has 0 spiro atoms. The molecular formula is C31H46N8O4. The molecule has 3 aromatic rings. The van der Waals surface area contributed by atoms with Crippen molar-refractivity contribution in [3.8, 4) is 11.5 Å². The highest BCUT2D eigenvalue weighted by molar-refractivity contribution is 5.79. The molecule has 1 aliphatic heterocycles. The van der Waals surface area contributed by atoms with Gasteiger partial charge in [-0.2, -0.15) is 4.98 Å². The highest BCUT2D eigenvalue weighted by Gasteiger charge is 2.24. The van der Waals surface area contributed by atoms with Gasteiger partial charge in [-0.1, -0.05) is 11.6 Å². The standard InChI is InChI=1S/C25H34N8O3.C6H12O/c1-25(2,35-4)20-14-18(8-7-17(20)16-34)29-24-28-15-19(22(26-3)30-24)23-32-31-21(36-23)6-5-11-33-12-9-27-10-13-33;1-3-6(2)4-5-7/h7-8,14-16,27H,5-6,9-13H2,1-4H3,(H2,26,28,29,30);3,7H,4-5H2,1-2H3/b;6-3+. The number of aromatic nitrogens is 4. The number of aryl methyl sites for hydroxylation is 1. The number of nitrogens with one attached hydrogen (secondary N) is 3. The number of nitrogens with zero attached hydrogens (tertiary/aromatic N) is 5. The quantitative estimate of drug-likeness (QED) is 0.166. The van der Waals surface area contributed by atoms with E-state index in [1.807, 2.05) is 39.8 Å². The van der Waals surface area contributed by atoms with Gasteiger partial charge in [0.15, 0.2) is 0 Å². The topological polar surface area (TPSA) is 151 Å². The van der Waals surface area contributed by atoms with Crippen molar-refractivity contribution in [2.24, 2.45) is 0 Å². The summed E-state index contributed by atoms with van der Waals surface area (Å²) in [5.41, 5.74) is 3.32. The number of aliphatic hydroxyl groups excluding tert-OH is 1. The van der Waals surface area contributed by atoms with E-state index in [1.165, 1.54) is 5.57 Å². The molecule has 3 heterocycles. The Labute approximate surface area is 254 Å². The molecule has 234 valence electrons. The summed E-state index contributed by atoms with van der Waals surface area (Å²) in [6.45, 7) is 13.3. The average Bonchev–Trinajstić information content (AvgIpc) is 3.50. The van der Waals surface area contributed by atoms with Gasteiger partial charge >= 0.3 is 0 Å². The molecule has 0 saturated carbocycles. The summed E-state index contributed by atoms with van der Waals surface area (Å²) in [6, 6.07) is 5.43. The fourth-order valence-electron chi connectivity index (χ4n) is 4.46. The summed E-state index contributed by atoms with van der Waals surface area (Å²) in [5.74, 6) is 1.93. The number of carbonyl (C=O) groups is 1. The van der Waals surface area contributed by atoms with Gasteiger partial charge in [-0.3, -0.25) is 4.79 Å². The minimum Gasteiger partial charge on any atom is -0.421 e. The van der Waals surface area contributed by atoms with Crippen LogP contribution in [-0.4, -0.2) is 89.9 Å². The van der Waals surface area contributed by atoms with Crippen molar-refractivity contribution in [2.45, 2.75) is 52.6 Å². The molecule has 12 heteroatoms. The lowest BCUT2D eigenvalue weighted by Crippen LogP contribution is -2.43. The van der Waals surface area contributed by atoms with E-state index in [4.69, 9.17) is 14.3 Å². The van der Waals surface area contributed by atoms with E-state index in [0.29, 0.717) is 34.7 Å². The van der Waals surface area contributed by atoms with Crippen molar-refractivity contribution in [3.63, 3.8) is 0 Å². The van der Waals surface area contributed by atoms with Gasteiger partial charge in [-0.15, -0.1) is 10.2 Å². The highest BCUT2D eigenvalue weighted by Crippen LogP contribution is 2.31. The van der Waals surface area contributed by atoms with Gasteiger partial charge in [0.05, 0.1) is 11.2 Å². The fourth-order valence-corrected chi connectivity index (χ4v) is 4.46. The van der Waals surface area contributed by atoms with E-state index in [9.17, 15) is 4.79 Å². The molecule has 12 nitrogen and oxygen atoms in total. The molecule has 1 aromatic carbocycles. The van der Waals surface area contributed by atoms with Crippen LogP contribution in [0.1, 0.15) is 62.3 Å². The number of anilines is 3. The Morgan fingerprint density at radius 1 is 1.26 bits per heavy atom. The third-order valence-corrected chi connectivity index (χ3v) is 7.39. The van der Waals surface area contributed by atoms with Gasteiger partial charge in [0, 0.05) is 70.8 Å². The summed E-state index contributed by atoms with van der Waals surface area (Å²) >= 11 is 0. The smallest absolute Gasteiger partial charge is 0.253 e. The molecule has 0 bridgehead atoms. The number of allylic oxidation sites excluding steroid dienone is 1. The third kappa shape index (κ3) is 9.92. The molecule has 0 aliphatic carbocycles. The van der Waals surface area contributed by atoms with Crippen molar-refractivity contribution in [2.75, 3.05) is 64.1 Å². The zero-order valence-electron chi connectivity index (χ0n) is 26.2.